The van der Waals surface area contributed by atoms with Gasteiger partial charge in [-0.15, -0.1) is 0 Å². The number of anilines is 2. The summed E-state index contributed by atoms with van der Waals surface area (Å²) in [5, 5.41) is 2.93. The fraction of sp³-hybridized carbons (Fsp3) is 0.316. The highest BCUT2D eigenvalue weighted by Gasteiger charge is 2.08. The summed E-state index contributed by atoms with van der Waals surface area (Å²) in [6.07, 6.45) is 0. The summed E-state index contributed by atoms with van der Waals surface area (Å²) < 4.78 is 0. The van der Waals surface area contributed by atoms with Crippen molar-refractivity contribution in [2.75, 3.05) is 24.3 Å². The number of aryl methyl sites for hydroxylation is 2. The largest absolute Gasteiger partial charge is 0.378 e. The zero-order chi connectivity index (χ0) is 16.7. The van der Waals surface area contributed by atoms with Gasteiger partial charge in [0.15, 0.2) is 0 Å². The van der Waals surface area contributed by atoms with E-state index in [4.69, 9.17) is 0 Å². The van der Waals surface area contributed by atoms with Crippen LogP contribution in [0.2, 0.25) is 0 Å². The molecule has 2 aromatic rings. The molecule has 0 aliphatic rings. The Morgan fingerprint density at radius 3 is 2.23 bits per heavy atom. The predicted octanol–water partition coefficient (Wildman–Crippen LogP) is 4.65. The first kappa shape index (κ1) is 17.8. The van der Waals surface area contributed by atoms with Gasteiger partial charge in [0.05, 0.1) is 0 Å². The van der Waals surface area contributed by atoms with Crippen LogP contribution in [0.3, 0.4) is 0 Å². The number of nitrogens with zero attached hydrogens (tertiary/aromatic N) is 1. The summed E-state index contributed by atoms with van der Waals surface area (Å²) in [7, 11) is 3.92. The van der Waals surface area contributed by atoms with E-state index in [0.717, 1.165) is 11.4 Å². The topological polar surface area (TPSA) is 32.3 Å². The van der Waals surface area contributed by atoms with E-state index in [0.29, 0.717) is 5.56 Å². The maximum absolute atomic E-state index is 12.3. The van der Waals surface area contributed by atoms with Crippen LogP contribution in [-0.4, -0.2) is 20.0 Å². The molecule has 1 amide bonds. The third-order valence-corrected chi connectivity index (χ3v) is 3.39. The fourth-order valence-corrected chi connectivity index (χ4v) is 1.95. The Balaban J connectivity index is 0.00000116. The van der Waals surface area contributed by atoms with Gasteiger partial charge in [0.1, 0.15) is 0 Å². The highest BCUT2D eigenvalue weighted by atomic mass is 16.1. The SMILES string of the molecule is CC.Cc1ccc(NC(=O)c2cccc(N(C)C)c2)cc1C. The Morgan fingerprint density at radius 2 is 1.64 bits per heavy atom. The van der Waals surface area contributed by atoms with Crippen molar-refractivity contribution in [2.45, 2.75) is 27.7 Å². The third kappa shape index (κ3) is 4.62. The van der Waals surface area contributed by atoms with Gasteiger partial charge in [-0.25, -0.2) is 0 Å². The van der Waals surface area contributed by atoms with Crippen LogP contribution in [0.4, 0.5) is 11.4 Å². The van der Waals surface area contributed by atoms with Gasteiger partial charge in [0.2, 0.25) is 0 Å². The summed E-state index contributed by atoms with van der Waals surface area (Å²) >= 11 is 0. The van der Waals surface area contributed by atoms with Crippen LogP contribution in [0, 0.1) is 13.8 Å². The van der Waals surface area contributed by atoms with Crippen LogP contribution in [0.5, 0.6) is 0 Å². The lowest BCUT2D eigenvalue weighted by atomic mass is 10.1. The van der Waals surface area contributed by atoms with E-state index < -0.39 is 0 Å². The fourth-order valence-electron chi connectivity index (χ4n) is 1.95. The smallest absolute Gasteiger partial charge is 0.255 e. The molecule has 0 atom stereocenters. The molecule has 0 saturated heterocycles. The third-order valence-electron chi connectivity index (χ3n) is 3.39. The predicted molar refractivity (Wildman–Crippen MR) is 96.0 cm³/mol. The average Bonchev–Trinajstić information content (AvgIpc) is 2.53. The maximum atomic E-state index is 12.3. The Hall–Kier alpha value is -2.29. The summed E-state index contributed by atoms with van der Waals surface area (Å²) in [5.74, 6) is -0.0862. The molecule has 3 nitrogen and oxygen atoms in total. The minimum Gasteiger partial charge on any atom is -0.378 e. The summed E-state index contributed by atoms with van der Waals surface area (Å²) in [6.45, 7) is 8.10. The highest BCUT2D eigenvalue weighted by molar-refractivity contribution is 6.04. The van der Waals surface area contributed by atoms with Gasteiger partial charge in [-0.3, -0.25) is 4.79 Å². The van der Waals surface area contributed by atoms with E-state index in [1.54, 1.807) is 0 Å². The second kappa shape index (κ2) is 8.23. The zero-order valence-electron chi connectivity index (χ0n) is 14.4. The first-order valence-electron chi connectivity index (χ1n) is 7.63. The number of rotatable bonds is 3. The maximum Gasteiger partial charge on any atom is 0.255 e. The molecule has 0 radical (unpaired) electrons. The van der Waals surface area contributed by atoms with Gasteiger partial charge >= 0.3 is 0 Å². The molecule has 0 aliphatic carbocycles. The normalized spacial score (nSPS) is 9.55. The van der Waals surface area contributed by atoms with Crippen molar-refractivity contribution in [3.63, 3.8) is 0 Å². The molecule has 22 heavy (non-hydrogen) atoms. The van der Waals surface area contributed by atoms with Crippen molar-refractivity contribution in [3.05, 3.63) is 59.2 Å². The van der Waals surface area contributed by atoms with E-state index in [9.17, 15) is 4.79 Å². The molecular formula is C19H26N2O. The molecular weight excluding hydrogens is 272 g/mol. The Bertz CT molecular complexity index is 633. The number of benzene rings is 2. The van der Waals surface area contributed by atoms with Gasteiger partial charge < -0.3 is 10.2 Å². The van der Waals surface area contributed by atoms with Crippen molar-refractivity contribution >= 4 is 17.3 Å². The van der Waals surface area contributed by atoms with E-state index in [2.05, 4.69) is 12.2 Å². The van der Waals surface area contributed by atoms with E-state index in [-0.39, 0.29) is 5.91 Å². The number of hydrogen-bond donors (Lipinski definition) is 1. The Morgan fingerprint density at radius 1 is 0.955 bits per heavy atom. The number of carbonyl (C=O) groups is 1. The van der Waals surface area contributed by atoms with E-state index in [1.807, 2.05) is 82.2 Å². The molecule has 0 fully saturated rings. The van der Waals surface area contributed by atoms with Crippen molar-refractivity contribution in [1.29, 1.82) is 0 Å². The molecule has 1 N–H and O–H groups in total. The van der Waals surface area contributed by atoms with Crippen LogP contribution >= 0.6 is 0 Å². The van der Waals surface area contributed by atoms with Crippen molar-refractivity contribution in [3.8, 4) is 0 Å². The summed E-state index contributed by atoms with van der Waals surface area (Å²) in [6, 6.07) is 13.5. The molecule has 0 bridgehead atoms. The van der Waals surface area contributed by atoms with Crippen molar-refractivity contribution < 1.29 is 4.79 Å². The highest BCUT2D eigenvalue weighted by Crippen LogP contribution is 2.17. The lowest BCUT2D eigenvalue weighted by Crippen LogP contribution is -2.14. The van der Waals surface area contributed by atoms with Crippen molar-refractivity contribution in [2.24, 2.45) is 0 Å². The molecule has 0 saturated carbocycles. The van der Waals surface area contributed by atoms with Crippen LogP contribution < -0.4 is 10.2 Å². The molecule has 0 spiro atoms. The van der Waals surface area contributed by atoms with Gasteiger partial charge in [-0.1, -0.05) is 26.0 Å². The molecule has 0 aromatic heterocycles. The van der Waals surface area contributed by atoms with Crippen molar-refractivity contribution in [1.82, 2.24) is 0 Å². The van der Waals surface area contributed by atoms with Gasteiger partial charge in [0.25, 0.3) is 5.91 Å². The first-order chi connectivity index (χ1) is 10.5. The molecule has 3 heteroatoms. The minimum atomic E-state index is -0.0862. The Labute approximate surface area is 134 Å². The second-order valence-corrected chi connectivity index (χ2v) is 5.20. The van der Waals surface area contributed by atoms with Gasteiger partial charge in [-0.05, 0) is 55.3 Å². The molecule has 118 valence electrons. The molecule has 0 unspecified atom stereocenters. The standard InChI is InChI=1S/C17H20N2O.C2H6/c1-12-8-9-15(10-13(12)2)18-17(20)14-6-5-7-16(11-14)19(3)4;1-2/h5-11H,1-4H3,(H,18,20);1-2H3. The second-order valence-electron chi connectivity index (χ2n) is 5.20. The van der Waals surface area contributed by atoms with Gasteiger partial charge in [0, 0.05) is 31.0 Å². The minimum absolute atomic E-state index is 0.0862. The average molecular weight is 298 g/mol. The molecule has 0 heterocycles. The van der Waals surface area contributed by atoms with Crippen LogP contribution in [0.25, 0.3) is 0 Å². The summed E-state index contributed by atoms with van der Waals surface area (Å²) in [5.41, 5.74) is 4.89. The van der Waals surface area contributed by atoms with Crippen LogP contribution in [0.15, 0.2) is 42.5 Å². The monoisotopic (exact) mass is 298 g/mol. The Kier molecular flexibility index (Phi) is 6.64. The van der Waals surface area contributed by atoms with Crippen LogP contribution in [-0.2, 0) is 0 Å². The number of hydrogen-bond acceptors (Lipinski definition) is 2. The quantitative estimate of drug-likeness (QED) is 0.894. The van der Waals surface area contributed by atoms with Gasteiger partial charge in [-0.2, -0.15) is 0 Å². The summed E-state index contributed by atoms with van der Waals surface area (Å²) in [4.78, 5) is 14.2. The van der Waals surface area contributed by atoms with E-state index in [1.165, 1.54) is 11.1 Å². The zero-order valence-corrected chi connectivity index (χ0v) is 14.4. The number of amides is 1. The molecule has 2 aromatic carbocycles. The number of carbonyl (C=O) groups excluding carboxylic acids is 1. The lowest BCUT2D eigenvalue weighted by molar-refractivity contribution is 0.102. The molecule has 0 aliphatic heterocycles. The first-order valence-corrected chi connectivity index (χ1v) is 7.63. The van der Waals surface area contributed by atoms with Crippen LogP contribution in [0.1, 0.15) is 35.3 Å². The lowest BCUT2D eigenvalue weighted by Gasteiger charge is -2.13. The van der Waals surface area contributed by atoms with E-state index >= 15 is 0 Å². The number of nitrogens with one attached hydrogen (secondary N) is 1. The molecule has 2 rings (SSSR count).